The van der Waals surface area contributed by atoms with E-state index in [1.165, 1.54) is 13.8 Å². The summed E-state index contributed by atoms with van der Waals surface area (Å²) in [6.45, 7) is 4.53. The first-order chi connectivity index (χ1) is 3.81. The molecule has 0 spiro atoms. The molecule has 0 aliphatic carbocycles. The van der Waals surface area contributed by atoms with Gasteiger partial charge < -0.3 is 0 Å². The summed E-state index contributed by atoms with van der Waals surface area (Å²) >= 11 is 0. The largest absolute Gasteiger partial charge is 0.299 e. The third kappa shape index (κ3) is 1.95. The molecular weight excluding hydrogens is 140 g/mol. The standard InChI is InChI=1S/C5H11O3S/c1-4-5(2,3)9(6,7)8/h4H2,1-3H3. The maximum atomic E-state index is 10.3. The monoisotopic (exact) mass is 151 g/mol. The summed E-state index contributed by atoms with van der Waals surface area (Å²) in [6, 6.07) is 0. The van der Waals surface area contributed by atoms with Gasteiger partial charge in [-0.25, -0.2) is 0 Å². The van der Waals surface area contributed by atoms with Crippen LogP contribution in [0.4, 0.5) is 0 Å². The first-order valence-corrected chi connectivity index (χ1v) is 4.17. The van der Waals surface area contributed by atoms with Gasteiger partial charge in [-0.15, -0.1) is 0 Å². The van der Waals surface area contributed by atoms with Gasteiger partial charge in [-0.1, -0.05) is 11.5 Å². The van der Waals surface area contributed by atoms with Crippen LogP contribution in [0.3, 0.4) is 0 Å². The van der Waals surface area contributed by atoms with E-state index in [1.807, 2.05) is 0 Å². The van der Waals surface area contributed by atoms with Crippen molar-refractivity contribution in [1.29, 1.82) is 0 Å². The smallest absolute Gasteiger partial charge is 0.196 e. The van der Waals surface area contributed by atoms with Crippen LogP contribution in [0.25, 0.3) is 0 Å². The molecule has 55 valence electrons. The van der Waals surface area contributed by atoms with Crippen molar-refractivity contribution in [2.75, 3.05) is 0 Å². The summed E-state index contributed by atoms with van der Waals surface area (Å²) in [5.41, 5.74) is 0. The van der Waals surface area contributed by atoms with E-state index in [2.05, 4.69) is 0 Å². The van der Waals surface area contributed by atoms with Crippen LogP contribution in [-0.4, -0.2) is 13.2 Å². The van der Waals surface area contributed by atoms with E-state index in [0.29, 0.717) is 6.42 Å². The summed E-state index contributed by atoms with van der Waals surface area (Å²) in [4.78, 5) is 0. The minimum Gasteiger partial charge on any atom is -0.196 e. The molecule has 0 aromatic rings. The lowest BCUT2D eigenvalue weighted by molar-refractivity contribution is 0.380. The molecule has 0 fully saturated rings. The Morgan fingerprint density at radius 2 is 1.67 bits per heavy atom. The maximum absolute atomic E-state index is 10.3. The van der Waals surface area contributed by atoms with Crippen molar-refractivity contribution in [3.05, 3.63) is 0 Å². The van der Waals surface area contributed by atoms with Crippen LogP contribution in [0, 0.1) is 0 Å². The second-order valence-corrected chi connectivity index (χ2v) is 4.58. The molecule has 0 unspecified atom stereocenters. The molecule has 3 nitrogen and oxygen atoms in total. The van der Waals surface area contributed by atoms with Crippen LogP contribution in [0.2, 0.25) is 0 Å². The first kappa shape index (κ1) is 8.91. The maximum Gasteiger partial charge on any atom is 0.299 e. The number of hydrogen-bond acceptors (Lipinski definition) is 2. The van der Waals surface area contributed by atoms with E-state index < -0.39 is 14.9 Å². The van der Waals surface area contributed by atoms with Gasteiger partial charge in [-0.05, 0) is 20.3 Å². The van der Waals surface area contributed by atoms with Crippen LogP contribution in [0.15, 0.2) is 0 Å². The molecule has 1 radical (unpaired) electrons. The van der Waals surface area contributed by atoms with E-state index in [1.54, 1.807) is 6.92 Å². The SMILES string of the molecule is CCC(C)(C)S([O])(=O)=O. The van der Waals surface area contributed by atoms with Crippen molar-refractivity contribution >= 4 is 10.1 Å². The van der Waals surface area contributed by atoms with Crippen molar-refractivity contribution in [3.8, 4) is 0 Å². The van der Waals surface area contributed by atoms with E-state index >= 15 is 0 Å². The second-order valence-electron chi connectivity index (χ2n) is 2.57. The molecule has 0 N–H and O–H groups in total. The van der Waals surface area contributed by atoms with Crippen LogP contribution >= 0.6 is 0 Å². The van der Waals surface area contributed by atoms with Gasteiger partial charge in [-0.3, -0.25) is 0 Å². The van der Waals surface area contributed by atoms with Crippen LogP contribution in [0.1, 0.15) is 27.2 Å². The van der Waals surface area contributed by atoms with Crippen LogP contribution in [0.5, 0.6) is 0 Å². The molecular formula is C5H11O3S. The van der Waals surface area contributed by atoms with Gasteiger partial charge in [-0.2, -0.15) is 8.42 Å². The summed E-state index contributed by atoms with van der Waals surface area (Å²) in [6.07, 6.45) is 0.360. The van der Waals surface area contributed by atoms with Crippen molar-refractivity contribution in [3.63, 3.8) is 0 Å². The fourth-order valence-corrected chi connectivity index (χ4v) is 0.530. The minimum atomic E-state index is -4.10. The highest BCUT2D eigenvalue weighted by atomic mass is 32.2. The quantitative estimate of drug-likeness (QED) is 0.589. The van der Waals surface area contributed by atoms with Gasteiger partial charge in [0.2, 0.25) is 0 Å². The molecule has 0 aliphatic rings. The first-order valence-electron chi connectivity index (χ1n) is 2.76. The summed E-state index contributed by atoms with van der Waals surface area (Å²) in [5.74, 6) is 0. The highest BCUT2D eigenvalue weighted by molar-refractivity contribution is 7.86. The molecule has 0 aromatic heterocycles. The van der Waals surface area contributed by atoms with E-state index in [-0.39, 0.29) is 0 Å². The number of rotatable bonds is 2. The van der Waals surface area contributed by atoms with Crippen molar-refractivity contribution < 1.29 is 13.0 Å². The van der Waals surface area contributed by atoms with Crippen molar-refractivity contribution in [2.45, 2.75) is 31.9 Å². The zero-order chi connectivity index (χ0) is 7.71. The number of hydrogen-bond donors (Lipinski definition) is 0. The van der Waals surface area contributed by atoms with E-state index in [4.69, 9.17) is 0 Å². The fraction of sp³-hybridized carbons (Fsp3) is 1.00. The van der Waals surface area contributed by atoms with Crippen molar-refractivity contribution in [1.82, 2.24) is 0 Å². The Bertz CT molecular complexity index is 178. The second kappa shape index (κ2) is 2.27. The van der Waals surface area contributed by atoms with Crippen LogP contribution in [-0.2, 0) is 14.7 Å². The molecule has 4 heteroatoms. The summed E-state index contributed by atoms with van der Waals surface area (Å²) in [7, 11) is -4.10. The molecule has 0 aliphatic heterocycles. The molecule has 0 amide bonds. The Hall–Kier alpha value is -0.0900. The molecule has 0 rings (SSSR count). The third-order valence-corrected chi connectivity index (χ3v) is 3.17. The van der Waals surface area contributed by atoms with Crippen molar-refractivity contribution in [2.24, 2.45) is 0 Å². The van der Waals surface area contributed by atoms with Gasteiger partial charge in [0.05, 0.1) is 4.75 Å². The zero-order valence-electron chi connectivity index (χ0n) is 5.84. The molecule has 0 bridgehead atoms. The van der Waals surface area contributed by atoms with Crippen LogP contribution < -0.4 is 0 Å². The lowest BCUT2D eigenvalue weighted by Gasteiger charge is -2.15. The Balaban J connectivity index is 4.56. The topological polar surface area (TPSA) is 54.0 Å². The molecule has 0 atom stereocenters. The van der Waals surface area contributed by atoms with Gasteiger partial charge in [0.15, 0.2) is 0 Å². The average molecular weight is 151 g/mol. The Kier molecular flexibility index (Phi) is 2.24. The predicted molar refractivity (Wildman–Crippen MR) is 34.0 cm³/mol. The lowest BCUT2D eigenvalue weighted by atomic mass is 10.1. The molecule has 0 saturated carbocycles. The highest BCUT2D eigenvalue weighted by Gasteiger charge is 2.31. The summed E-state index contributed by atoms with van der Waals surface area (Å²) in [5, 5.41) is 0. The molecule has 0 heterocycles. The average Bonchev–Trinajstić information content (AvgIpc) is 1.64. The molecule has 0 saturated heterocycles. The van der Waals surface area contributed by atoms with E-state index in [0.717, 1.165) is 0 Å². The minimum absolute atomic E-state index is 0.360. The Morgan fingerprint density at radius 1 is 1.33 bits per heavy atom. The third-order valence-electron chi connectivity index (χ3n) is 1.53. The Labute approximate surface area is 55.8 Å². The lowest BCUT2D eigenvalue weighted by Crippen LogP contribution is -2.29. The Morgan fingerprint density at radius 3 is 1.67 bits per heavy atom. The zero-order valence-corrected chi connectivity index (χ0v) is 6.66. The van der Waals surface area contributed by atoms with Gasteiger partial charge >= 0.3 is 0 Å². The predicted octanol–water partition coefficient (Wildman–Crippen LogP) is 0.935. The van der Waals surface area contributed by atoms with Gasteiger partial charge in [0, 0.05) is 0 Å². The van der Waals surface area contributed by atoms with Gasteiger partial charge in [0.1, 0.15) is 0 Å². The molecule has 9 heavy (non-hydrogen) atoms. The fourth-order valence-electron chi connectivity index (χ4n) is 0.177. The normalized spacial score (nSPS) is 13.8. The van der Waals surface area contributed by atoms with E-state index in [9.17, 15) is 13.0 Å². The summed E-state index contributed by atoms with van der Waals surface area (Å²) < 4.78 is 29.9. The molecule has 0 aromatic carbocycles. The van der Waals surface area contributed by atoms with Gasteiger partial charge in [0.25, 0.3) is 10.1 Å². The highest BCUT2D eigenvalue weighted by Crippen LogP contribution is 2.18.